The fourth-order valence-electron chi connectivity index (χ4n) is 0.891. The first-order chi connectivity index (χ1) is 5.40. The molecule has 4 heteroatoms. The van der Waals surface area contributed by atoms with E-state index in [2.05, 4.69) is 15.0 Å². The Kier molecular flexibility index (Phi) is 1.10. The van der Waals surface area contributed by atoms with Gasteiger partial charge in [-0.3, -0.25) is 0 Å². The molecule has 0 radical (unpaired) electrons. The third kappa shape index (κ3) is 0.829. The lowest BCUT2D eigenvalue weighted by Crippen LogP contribution is -1.87. The molecular formula is C7H4N4. The van der Waals surface area contributed by atoms with E-state index in [1.807, 2.05) is 6.07 Å². The van der Waals surface area contributed by atoms with Crippen molar-refractivity contribution in [2.24, 2.45) is 0 Å². The van der Waals surface area contributed by atoms with Gasteiger partial charge in [-0.05, 0) is 12.1 Å². The third-order valence-corrected chi connectivity index (χ3v) is 1.41. The number of pyridine rings is 1. The van der Waals surface area contributed by atoms with Crippen molar-refractivity contribution >= 4 is 0 Å². The number of fused-ring (bicyclic) bond motifs is 1. The monoisotopic (exact) mass is 144 g/mol. The zero-order valence-corrected chi connectivity index (χ0v) is 5.57. The van der Waals surface area contributed by atoms with Crippen molar-refractivity contribution in [3.63, 3.8) is 0 Å². The molecule has 2 heterocycles. The smallest absolute Gasteiger partial charge is 0.158 e. The van der Waals surface area contributed by atoms with Gasteiger partial charge in [0.25, 0.3) is 0 Å². The Morgan fingerprint density at radius 3 is 3.09 bits per heavy atom. The lowest BCUT2D eigenvalue weighted by atomic mass is 10.3. The topological polar surface area (TPSA) is 65.4 Å². The van der Waals surface area contributed by atoms with Crippen LogP contribution in [0.3, 0.4) is 0 Å². The van der Waals surface area contributed by atoms with Crippen LogP contribution in [0.2, 0.25) is 0 Å². The Morgan fingerprint density at radius 1 is 1.36 bits per heavy atom. The number of nitrogens with one attached hydrogen (secondary N) is 1. The van der Waals surface area contributed by atoms with Crippen LogP contribution < -0.4 is 0 Å². The Bertz CT molecular complexity index is 384. The first kappa shape index (κ1) is 5.86. The summed E-state index contributed by atoms with van der Waals surface area (Å²) in [7, 11) is 0. The number of hydrogen-bond donors (Lipinski definition) is 1. The van der Waals surface area contributed by atoms with E-state index in [0.717, 1.165) is 5.69 Å². The fourth-order valence-corrected chi connectivity index (χ4v) is 0.891. The summed E-state index contributed by atoms with van der Waals surface area (Å²) in [6, 6.07) is 5.42. The molecule has 4 nitrogen and oxygen atoms in total. The van der Waals surface area contributed by atoms with E-state index in [1.165, 1.54) is 6.33 Å². The summed E-state index contributed by atoms with van der Waals surface area (Å²) in [5, 5.41) is 8.51. The minimum atomic E-state index is 0.498. The zero-order valence-electron chi connectivity index (χ0n) is 5.57. The molecule has 11 heavy (non-hydrogen) atoms. The molecule has 0 saturated heterocycles. The number of imidazole rings is 1. The highest BCUT2D eigenvalue weighted by Gasteiger charge is 2.04. The Balaban J connectivity index is 2.71. The molecule has 52 valence electrons. The SMILES string of the molecule is N#Cc1ccc2ncnc-2[nH]1. The second kappa shape index (κ2) is 2.06. The van der Waals surface area contributed by atoms with Gasteiger partial charge in [-0.2, -0.15) is 5.26 Å². The molecule has 0 saturated carbocycles. The molecule has 0 bridgehead atoms. The summed E-state index contributed by atoms with van der Waals surface area (Å²) < 4.78 is 0. The molecule has 2 aliphatic heterocycles. The molecule has 1 N–H and O–H groups in total. The number of hydrogen-bond acceptors (Lipinski definition) is 3. The molecule has 0 spiro atoms. The van der Waals surface area contributed by atoms with Crippen molar-refractivity contribution < 1.29 is 0 Å². The number of nitrogens with zero attached hydrogens (tertiary/aromatic N) is 3. The number of nitriles is 1. The predicted molar refractivity (Wildman–Crippen MR) is 37.7 cm³/mol. The number of aromatic amines is 1. The van der Waals surface area contributed by atoms with Crippen molar-refractivity contribution in [3.05, 3.63) is 24.2 Å². The predicted octanol–water partition coefficient (Wildman–Crippen LogP) is 0.781. The molecule has 0 unspecified atom stereocenters. The van der Waals surface area contributed by atoms with Gasteiger partial charge in [0.15, 0.2) is 5.82 Å². The number of H-pyrrole nitrogens is 1. The molecule has 2 rings (SSSR count). The summed E-state index contributed by atoms with van der Waals surface area (Å²) >= 11 is 0. The first-order valence-corrected chi connectivity index (χ1v) is 3.10. The van der Waals surface area contributed by atoms with Crippen LogP contribution in [0.25, 0.3) is 11.5 Å². The quantitative estimate of drug-likeness (QED) is 0.594. The average Bonchev–Trinajstić information content (AvgIpc) is 2.50. The van der Waals surface area contributed by atoms with Gasteiger partial charge in [-0.25, -0.2) is 9.97 Å². The molecule has 0 aliphatic carbocycles. The van der Waals surface area contributed by atoms with E-state index < -0.39 is 0 Å². The Labute approximate surface area is 62.9 Å². The van der Waals surface area contributed by atoms with Crippen LogP contribution in [-0.4, -0.2) is 15.0 Å². The van der Waals surface area contributed by atoms with Gasteiger partial charge in [0, 0.05) is 0 Å². The lowest BCUT2D eigenvalue weighted by molar-refractivity contribution is 1.20. The van der Waals surface area contributed by atoms with Gasteiger partial charge in [0.05, 0.1) is 0 Å². The first-order valence-electron chi connectivity index (χ1n) is 3.10. The van der Waals surface area contributed by atoms with E-state index in [-0.39, 0.29) is 0 Å². The zero-order chi connectivity index (χ0) is 7.68. The molecular weight excluding hydrogens is 140 g/mol. The minimum Gasteiger partial charge on any atom is -0.330 e. The maximum absolute atomic E-state index is 8.51. The Hall–Kier alpha value is -1.89. The van der Waals surface area contributed by atoms with Crippen LogP contribution >= 0.6 is 0 Å². The molecule has 0 aromatic carbocycles. The molecule has 0 fully saturated rings. The van der Waals surface area contributed by atoms with Gasteiger partial charge in [-0.1, -0.05) is 0 Å². The minimum absolute atomic E-state index is 0.498. The molecule has 0 amide bonds. The molecule has 0 atom stereocenters. The van der Waals surface area contributed by atoms with Crippen molar-refractivity contribution in [2.75, 3.05) is 0 Å². The van der Waals surface area contributed by atoms with Gasteiger partial charge >= 0.3 is 0 Å². The summed E-state index contributed by atoms with van der Waals surface area (Å²) in [6.07, 6.45) is 1.46. The van der Waals surface area contributed by atoms with Gasteiger partial charge in [-0.15, -0.1) is 0 Å². The summed E-state index contributed by atoms with van der Waals surface area (Å²) in [4.78, 5) is 10.7. The Morgan fingerprint density at radius 2 is 2.27 bits per heavy atom. The fraction of sp³-hybridized carbons (Fsp3) is 0. The highest BCUT2D eigenvalue weighted by Crippen LogP contribution is 2.12. The molecule has 0 aromatic heterocycles. The normalized spacial score (nSPS) is 9.73. The maximum atomic E-state index is 8.51. The van der Waals surface area contributed by atoms with Crippen LogP contribution in [0.4, 0.5) is 0 Å². The molecule has 0 aromatic rings. The van der Waals surface area contributed by atoms with Crippen LogP contribution in [0.5, 0.6) is 0 Å². The van der Waals surface area contributed by atoms with Crippen LogP contribution in [0.15, 0.2) is 18.5 Å². The average molecular weight is 144 g/mol. The van der Waals surface area contributed by atoms with E-state index in [1.54, 1.807) is 12.1 Å². The highest BCUT2D eigenvalue weighted by atomic mass is 15.0. The third-order valence-electron chi connectivity index (χ3n) is 1.41. The van der Waals surface area contributed by atoms with Crippen molar-refractivity contribution in [1.82, 2.24) is 15.0 Å². The van der Waals surface area contributed by atoms with Crippen molar-refractivity contribution in [1.29, 1.82) is 5.26 Å². The standard InChI is InChI=1S/C7H4N4/c8-3-5-1-2-6-7(11-5)10-4-9-6/h1-2,4H,(H,9,10,11). The van der Waals surface area contributed by atoms with E-state index >= 15 is 0 Å². The van der Waals surface area contributed by atoms with Crippen molar-refractivity contribution in [2.45, 2.75) is 0 Å². The van der Waals surface area contributed by atoms with Gasteiger partial charge in [0.2, 0.25) is 0 Å². The number of rotatable bonds is 0. The lowest BCUT2D eigenvalue weighted by Gasteiger charge is -1.94. The van der Waals surface area contributed by atoms with E-state index in [0.29, 0.717) is 11.5 Å². The van der Waals surface area contributed by atoms with E-state index in [9.17, 15) is 0 Å². The number of aromatic nitrogens is 3. The van der Waals surface area contributed by atoms with Crippen LogP contribution in [0, 0.1) is 11.3 Å². The summed E-state index contributed by atoms with van der Waals surface area (Å²) in [5.41, 5.74) is 1.28. The van der Waals surface area contributed by atoms with E-state index in [4.69, 9.17) is 5.26 Å². The van der Waals surface area contributed by atoms with Gasteiger partial charge in [0.1, 0.15) is 23.8 Å². The second-order valence-electron chi connectivity index (χ2n) is 2.09. The van der Waals surface area contributed by atoms with Crippen molar-refractivity contribution in [3.8, 4) is 17.6 Å². The van der Waals surface area contributed by atoms with Gasteiger partial charge < -0.3 is 4.98 Å². The highest BCUT2D eigenvalue weighted by molar-refractivity contribution is 5.51. The van der Waals surface area contributed by atoms with Crippen LogP contribution in [-0.2, 0) is 0 Å². The van der Waals surface area contributed by atoms with Crippen LogP contribution in [0.1, 0.15) is 5.69 Å². The summed E-state index contributed by atoms with van der Waals surface area (Å²) in [5.74, 6) is 0.657. The second-order valence-corrected chi connectivity index (χ2v) is 2.09. The largest absolute Gasteiger partial charge is 0.330 e. The maximum Gasteiger partial charge on any atom is 0.158 e. The molecule has 2 aliphatic rings. The summed E-state index contributed by atoms with van der Waals surface area (Å²) in [6.45, 7) is 0.